The van der Waals surface area contributed by atoms with Crippen molar-refractivity contribution >= 4 is 9.73 Å². The van der Waals surface area contributed by atoms with Crippen molar-refractivity contribution in [2.75, 3.05) is 12.3 Å². The number of rotatable bonds is 4. The summed E-state index contributed by atoms with van der Waals surface area (Å²) in [6.45, 7) is 8.03. The molecule has 0 heterocycles. The van der Waals surface area contributed by atoms with E-state index in [4.69, 9.17) is 0 Å². The van der Waals surface area contributed by atoms with Crippen LogP contribution in [0.2, 0.25) is 0 Å². The Balaban J connectivity index is 3.12. The first-order valence-electron chi connectivity index (χ1n) is 4.98. The summed E-state index contributed by atoms with van der Waals surface area (Å²) < 4.78 is 16.7. The van der Waals surface area contributed by atoms with Gasteiger partial charge in [-0.1, -0.05) is 37.3 Å². The first-order chi connectivity index (χ1) is 7.08. The van der Waals surface area contributed by atoms with Gasteiger partial charge in [0, 0.05) is 10.6 Å². The number of hydrogen-bond acceptors (Lipinski definition) is 2. The van der Waals surface area contributed by atoms with Crippen molar-refractivity contribution in [2.45, 2.75) is 18.7 Å². The van der Waals surface area contributed by atoms with Gasteiger partial charge < -0.3 is 0 Å². The van der Waals surface area contributed by atoms with Crippen LogP contribution in [0.5, 0.6) is 0 Å². The van der Waals surface area contributed by atoms with Crippen LogP contribution in [0.15, 0.2) is 51.7 Å². The van der Waals surface area contributed by atoms with Crippen molar-refractivity contribution < 1.29 is 4.21 Å². The van der Waals surface area contributed by atoms with Crippen molar-refractivity contribution in [3.05, 3.63) is 42.5 Å². The highest BCUT2D eigenvalue weighted by Gasteiger charge is 2.08. The average molecular weight is 223 g/mol. The van der Waals surface area contributed by atoms with Crippen LogP contribution in [-0.4, -0.2) is 16.5 Å². The Bertz CT molecular complexity index is 442. The molecule has 15 heavy (non-hydrogen) atoms. The van der Waals surface area contributed by atoms with E-state index in [9.17, 15) is 4.21 Å². The van der Waals surface area contributed by atoms with Gasteiger partial charge in [0.05, 0.1) is 16.3 Å². The topological polar surface area (TPSA) is 29.4 Å². The summed E-state index contributed by atoms with van der Waals surface area (Å²) in [6, 6.07) is 9.43. The molecule has 0 bridgehead atoms. The molecule has 0 radical (unpaired) electrons. The Labute approximate surface area is 92.2 Å². The van der Waals surface area contributed by atoms with Gasteiger partial charge in [0.1, 0.15) is 0 Å². The summed E-state index contributed by atoms with van der Waals surface area (Å²) in [5.41, 5.74) is 0.937. The molecule has 1 aromatic carbocycles. The molecule has 0 spiro atoms. The van der Waals surface area contributed by atoms with Gasteiger partial charge in [0.15, 0.2) is 0 Å². The number of benzene rings is 1. The molecule has 3 heteroatoms. The fraction of sp³-hybridized carbons (Fsp3) is 0.333. The lowest BCUT2D eigenvalue weighted by Gasteiger charge is -2.07. The quantitative estimate of drug-likeness (QED) is 0.721. The molecule has 0 amide bonds. The van der Waals surface area contributed by atoms with Crippen LogP contribution in [0.1, 0.15) is 13.8 Å². The predicted octanol–water partition coefficient (Wildman–Crippen LogP) is 3.11. The van der Waals surface area contributed by atoms with Crippen LogP contribution in [0.25, 0.3) is 0 Å². The molecule has 1 unspecified atom stereocenters. The molecular formula is C12H17NOS. The van der Waals surface area contributed by atoms with Gasteiger partial charge in [0.2, 0.25) is 0 Å². The van der Waals surface area contributed by atoms with E-state index in [0.717, 1.165) is 10.5 Å². The van der Waals surface area contributed by atoms with Crippen molar-refractivity contribution in [3.63, 3.8) is 0 Å². The maximum Gasteiger partial charge on any atom is 0.0752 e. The average Bonchev–Trinajstić information content (AvgIpc) is 2.27. The van der Waals surface area contributed by atoms with Crippen molar-refractivity contribution in [1.29, 1.82) is 0 Å². The highest BCUT2D eigenvalue weighted by molar-refractivity contribution is 7.93. The van der Waals surface area contributed by atoms with Gasteiger partial charge in [-0.15, -0.1) is 0 Å². The second kappa shape index (κ2) is 5.12. The SMILES string of the molecule is C=C(C)CN=S(=O)(CC)c1ccccc1. The van der Waals surface area contributed by atoms with Crippen molar-refractivity contribution in [3.8, 4) is 0 Å². The van der Waals surface area contributed by atoms with Gasteiger partial charge >= 0.3 is 0 Å². The molecule has 0 aliphatic heterocycles. The summed E-state index contributed by atoms with van der Waals surface area (Å²) in [5.74, 6) is 0.546. The highest BCUT2D eigenvalue weighted by Crippen LogP contribution is 2.13. The van der Waals surface area contributed by atoms with Crippen LogP contribution in [0.4, 0.5) is 0 Å². The molecule has 2 nitrogen and oxygen atoms in total. The van der Waals surface area contributed by atoms with Crippen LogP contribution >= 0.6 is 0 Å². The van der Waals surface area contributed by atoms with Gasteiger partial charge in [0.25, 0.3) is 0 Å². The third kappa shape index (κ3) is 3.20. The fourth-order valence-electron chi connectivity index (χ4n) is 1.18. The summed E-state index contributed by atoms with van der Waals surface area (Å²) in [6.07, 6.45) is 0. The Morgan fingerprint density at radius 1 is 1.40 bits per heavy atom. The highest BCUT2D eigenvalue weighted by atomic mass is 32.2. The smallest absolute Gasteiger partial charge is 0.0752 e. The van der Waals surface area contributed by atoms with E-state index in [1.54, 1.807) is 0 Å². The summed E-state index contributed by atoms with van der Waals surface area (Å²) in [7, 11) is -2.24. The molecule has 0 aliphatic carbocycles. The largest absolute Gasteiger partial charge is 0.245 e. The lowest BCUT2D eigenvalue weighted by Crippen LogP contribution is -2.05. The molecule has 0 aliphatic rings. The minimum absolute atomic E-state index is 0.474. The summed E-state index contributed by atoms with van der Waals surface area (Å²) >= 11 is 0. The van der Waals surface area contributed by atoms with Gasteiger partial charge in [-0.2, -0.15) is 0 Å². The van der Waals surface area contributed by atoms with Crippen LogP contribution in [0, 0.1) is 0 Å². The third-order valence-electron chi connectivity index (χ3n) is 2.05. The standard InChI is InChI=1S/C12H17NOS/c1-4-15(14,13-10-11(2)3)12-8-6-5-7-9-12/h5-9H,2,4,10H2,1,3H3. The Kier molecular flexibility index (Phi) is 4.09. The van der Waals surface area contributed by atoms with E-state index in [-0.39, 0.29) is 0 Å². The number of nitrogens with zero attached hydrogens (tertiary/aromatic N) is 1. The minimum Gasteiger partial charge on any atom is -0.245 e. The van der Waals surface area contributed by atoms with Crippen LogP contribution in [0.3, 0.4) is 0 Å². The normalized spacial score (nSPS) is 14.3. The van der Waals surface area contributed by atoms with E-state index in [0.29, 0.717) is 12.3 Å². The summed E-state index contributed by atoms with van der Waals surface area (Å²) in [5, 5.41) is 0. The Morgan fingerprint density at radius 2 is 2.00 bits per heavy atom. The predicted molar refractivity (Wildman–Crippen MR) is 65.5 cm³/mol. The molecule has 0 saturated heterocycles. The lowest BCUT2D eigenvalue weighted by atomic mass is 10.4. The molecule has 82 valence electrons. The molecule has 1 atom stereocenters. The first kappa shape index (κ1) is 12.0. The summed E-state index contributed by atoms with van der Waals surface area (Å²) in [4.78, 5) is 0.814. The second-order valence-corrected chi connectivity index (χ2v) is 6.07. The van der Waals surface area contributed by atoms with Crippen LogP contribution < -0.4 is 0 Å². The third-order valence-corrected chi connectivity index (χ3v) is 4.38. The molecule has 0 aromatic heterocycles. The zero-order valence-electron chi connectivity index (χ0n) is 9.27. The first-order valence-corrected chi connectivity index (χ1v) is 6.67. The van der Waals surface area contributed by atoms with E-state index in [1.807, 2.05) is 44.2 Å². The maximum atomic E-state index is 12.5. The molecule has 0 saturated carbocycles. The monoisotopic (exact) mass is 223 g/mol. The maximum absolute atomic E-state index is 12.5. The van der Waals surface area contributed by atoms with Crippen molar-refractivity contribution in [2.24, 2.45) is 4.36 Å². The Hall–Kier alpha value is -1.09. The minimum atomic E-state index is -2.24. The van der Waals surface area contributed by atoms with Gasteiger partial charge in [-0.3, -0.25) is 0 Å². The molecular weight excluding hydrogens is 206 g/mol. The van der Waals surface area contributed by atoms with Gasteiger partial charge in [-0.25, -0.2) is 8.57 Å². The molecule has 0 fully saturated rings. The van der Waals surface area contributed by atoms with E-state index < -0.39 is 9.73 Å². The molecule has 1 aromatic rings. The van der Waals surface area contributed by atoms with Crippen LogP contribution in [-0.2, 0) is 9.73 Å². The zero-order chi connectivity index (χ0) is 11.3. The lowest BCUT2D eigenvalue weighted by molar-refractivity contribution is 0.676. The molecule has 1 rings (SSSR count). The van der Waals surface area contributed by atoms with E-state index in [2.05, 4.69) is 10.9 Å². The second-order valence-electron chi connectivity index (χ2n) is 3.49. The van der Waals surface area contributed by atoms with E-state index in [1.165, 1.54) is 0 Å². The van der Waals surface area contributed by atoms with Gasteiger partial charge in [-0.05, 0) is 19.1 Å². The fourth-order valence-corrected chi connectivity index (χ4v) is 2.86. The molecule has 0 N–H and O–H groups in total. The Morgan fingerprint density at radius 3 is 2.47 bits per heavy atom. The number of hydrogen-bond donors (Lipinski definition) is 0. The van der Waals surface area contributed by atoms with E-state index >= 15 is 0 Å². The zero-order valence-corrected chi connectivity index (χ0v) is 10.1. The van der Waals surface area contributed by atoms with Crippen molar-refractivity contribution in [1.82, 2.24) is 0 Å².